The molecular formula is C24H27F2N5O4. The van der Waals surface area contributed by atoms with E-state index in [2.05, 4.69) is 16.0 Å². The lowest BCUT2D eigenvalue weighted by molar-refractivity contribution is -0.129. The third-order valence-corrected chi connectivity index (χ3v) is 5.85. The number of carbonyl (C=O) groups excluding carboxylic acids is 4. The van der Waals surface area contributed by atoms with Gasteiger partial charge in [0.05, 0.1) is 23.5 Å². The Labute approximate surface area is 201 Å². The molecule has 0 fully saturated rings. The summed E-state index contributed by atoms with van der Waals surface area (Å²) in [6.07, 6.45) is 0. The number of halogens is 2. The highest BCUT2D eigenvalue weighted by Gasteiger charge is 2.42. The predicted octanol–water partition coefficient (Wildman–Crippen LogP) is 1.78. The maximum absolute atomic E-state index is 14.0. The minimum atomic E-state index is -1.20. The van der Waals surface area contributed by atoms with E-state index in [1.807, 2.05) is 0 Å². The van der Waals surface area contributed by atoms with Crippen LogP contribution in [0.2, 0.25) is 0 Å². The maximum Gasteiger partial charge on any atom is 0.252 e. The third-order valence-electron chi connectivity index (χ3n) is 5.85. The van der Waals surface area contributed by atoms with Gasteiger partial charge in [-0.05, 0) is 45.2 Å². The third kappa shape index (κ3) is 5.29. The zero-order valence-electron chi connectivity index (χ0n) is 19.8. The van der Waals surface area contributed by atoms with Crippen molar-refractivity contribution in [2.24, 2.45) is 0 Å². The zero-order valence-corrected chi connectivity index (χ0v) is 19.8. The van der Waals surface area contributed by atoms with Crippen LogP contribution >= 0.6 is 0 Å². The Kier molecular flexibility index (Phi) is 7.80. The van der Waals surface area contributed by atoms with E-state index in [1.165, 1.54) is 11.8 Å². The highest BCUT2D eigenvalue weighted by atomic mass is 19.1. The Morgan fingerprint density at radius 1 is 1.03 bits per heavy atom. The molecule has 2 aromatic carbocycles. The summed E-state index contributed by atoms with van der Waals surface area (Å²) in [6, 6.07) is 6.96. The van der Waals surface area contributed by atoms with Crippen molar-refractivity contribution in [3.8, 4) is 0 Å². The van der Waals surface area contributed by atoms with E-state index in [-0.39, 0.29) is 11.6 Å². The van der Waals surface area contributed by atoms with Gasteiger partial charge in [-0.15, -0.1) is 0 Å². The number of hydrogen-bond donors (Lipinski definition) is 3. The largest absolute Gasteiger partial charge is 0.341 e. The fraction of sp³-hybridized carbons (Fsp3) is 0.333. The van der Waals surface area contributed by atoms with Crippen molar-refractivity contribution in [2.45, 2.75) is 38.9 Å². The first kappa shape index (κ1) is 25.8. The van der Waals surface area contributed by atoms with Crippen molar-refractivity contribution in [3.05, 3.63) is 54.1 Å². The molecule has 3 N–H and O–H groups in total. The number of hydrogen-bond acceptors (Lipinski definition) is 5. The van der Waals surface area contributed by atoms with Crippen LogP contribution in [0.3, 0.4) is 0 Å². The summed E-state index contributed by atoms with van der Waals surface area (Å²) in [5, 5.41) is 7.61. The molecule has 0 saturated carbocycles. The fourth-order valence-corrected chi connectivity index (χ4v) is 3.91. The molecule has 4 amide bonds. The van der Waals surface area contributed by atoms with Gasteiger partial charge in [0.1, 0.15) is 29.9 Å². The average Bonchev–Trinajstić information content (AvgIpc) is 2.90. The van der Waals surface area contributed by atoms with E-state index in [1.54, 1.807) is 45.2 Å². The van der Waals surface area contributed by atoms with Crippen LogP contribution in [-0.4, -0.2) is 55.3 Å². The second-order valence-corrected chi connectivity index (χ2v) is 8.18. The number of rotatable bonds is 6. The predicted molar refractivity (Wildman–Crippen MR) is 127 cm³/mol. The Morgan fingerprint density at radius 3 is 2.20 bits per heavy atom. The summed E-state index contributed by atoms with van der Waals surface area (Å²) >= 11 is 0. The van der Waals surface area contributed by atoms with Crippen LogP contribution in [0.4, 0.5) is 25.8 Å². The van der Waals surface area contributed by atoms with Crippen LogP contribution in [0.15, 0.2) is 42.5 Å². The molecule has 35 heavy (non-hydrogen) atoms. The van der Waals surface area contributed by atoms with Crippen molar-refractivity contribution in [1.82, 2.24) is 10.6 Å². The van der Waals surface area contributed by atoms with Gasteiger partial charge < -0.3 is 20.9 Å². The van der Waals surface area contributed by atoms with E-state index in [9.17, 15) is 28.0 Å². The van der Waals surface area contributed by atoms with E-state index in [0.717, 1.165) is 23.1 Å². The van der Waals surface area contributed by atoms with Crippen molar-refractivity contribution in [3.63, 3.8) is 0 Å². The van der Waals surface area contributed by atoms with Gasteiger partial charge in [0.15, 0.2) is 0 Å². The van der Waals surface area contributed by atoms with E-state index in [4.69, 9.17) is 0 Å². The van der Waals surface area contributed by atoms with Gasteiger partial charge in [0.25, 0.3) is 5.91 Å². The molecule has 1 aliphatic rings. The number of nitrogens with zero attached hydrogens (tertiary/aromatic N) is 2. The molecule has 0 bridgehead atoms. The quantitative estimate of drug-likeness (QED) is 0.576. The van der Waals surface area contributed by atoms with Crippen LogP contribution < -0.4 is 25.8 Å². The highest BCUT2D eigenvalue weighted by Crippen LogP contribution is 2.35. The van der Waals surface area contributed by atoms with E-state index >= 15 is 0 Å². The number of fused-ring (bicyclic) bond motifs is 1. The van der Waals surface area contributed by atoms with Crippen LogP contribution in [0.5, 0.6) is 0 Å². The summed E-state index contributed by atoms with van der Waals surface area (Å²) in [6.45, 7) is 3.93. The molecule has 9 nitrogen and oxygen atoms in total. The van der Waals surface area contributed by atoms with Gasteiger partial charge >= 0.3 is 0 Å². The molecule has 0 aromatic heterocycles. The number of nitrogens with one attached hydrogen (secondary N) is 3. The van der Waals surface area contributed by atoms with Crippen LogP contribution in [-0.2, 0) is 19.2 Å². The summed E-state index contributed by atoms with van der Waals surface area (Å²) in [5.74, 6) is -4.32. The summed E-state index contributed by atoms with van der Waals surface area (Å²) in [7, 11) is 1.58. The average molecular weight is 488 g/mol. The van der Waals surface area contributed by atoms with Crippen molar-refractivity contribution < 1.29 is 28.0 Å². The molecule has 0 aliphatic carbocycles. The standard InChI is InChI=1S/C24H27F2N5O4/c1-13(27-4)23(34)29-21-14(2)31(15(3)32)19-11-6-5-10-18(19)30(24(21)35)12-20(33)28-22-16(25)8-7-9-17(22)26/h5-11,13-14,21,27H,12H2,1-4H3,(H,28,33)(H,29,34)/t13?,14-,21-/m0/s1. The van der Waals surface area contributed by atoms with E-state index in [0.29, 0.717) is 5.69 Å². The topological polar surface area (TPSA) is 111 Å². The SMILES string of the molecule is CNC(C)C(=O)N[C@@H]1C(=O)N(CC(=O)Nc2c(F)cccc2F)c2ccccc2N(C(C)=O)[C@H]1C. The lowest BCUT2D eigenvalue weighted by Gasteiger charge is -2.32. The number of amides is 4. The van der Waals surface area contributed by atoms with Crippen LogP contribution in [0.1, 0.15) is 20.8 Å². The highest BCUT2D eigenvalue weighted by molar-refractivity contribution is 6.11. The number of para-hydroxylation sites is 3. The fourth-order valence-electron chi connectivity index (χ4n) is 3.91. The Hall–Kier alpha value is -3.86. The molecule has 1 heterocycles. The zero-order chi connectivity index (χ0) is 25.9. The first-order valence-corrected chi connectivity index (χ1v) is 11.0. The number of benzene rings is 2. The number of likely N-dealkylation sites (N-methyl/N-ethyl adjacent to an activating group) is 1. The van der Waals surface area contributed by atoms with Crippen LogP contribution in [0, 0.1) is 11.6 Å². The smallest absolute Gasteiger partial charge is 0.252 e. The van der Waals surface area contributed by atoms with Gasteiger partial charge in [-0.1, -0.05) is 18.2 Å². The molecule has 2 aromatic rings. The van der Waals surface area contributed by atoms with Gasteiger partial charge in [-0.3, -0.25) is 24.1 Å². The van der Waals surface area contributed by atoms with Gasteiger partial charge in [0, 0.05) is 6.92 Å². The number of anilines is 3. The molecule has 0 saturated heterocycles. The van der Waals surface area contributed by atoms with Gasteiger partial charge in [-0.2, -0.15) is 0 Å². The second kappa shape index (κ2) is 10.6. The maximum atomic E-state index is 14.0. The lowest BCUT2D eigenvalue weighted by atomic mass is 10.1. The first-order valence-electron chi connectivity index (χ1n) is 11.0. The molecule has 3 atom stereocenters. The van der Waals surface area contributed by atoms with Crippen molar-refractivity contribution >= 4 is 40.7 Å². The molecule has 1 aliphatic heterocycles. The summed E-state index contributed by atoms with van der Waals surface area (Å²) in [4.78, 5) is 54.2. The van der Waals surface area contributed by atoms with Crippen LogP contribution in [0.25, 0.3) is 0 Å². The Morgan fingerprint density at radius 2 is 1.63 bits per heavy atom. The second-order valence-electron chi connectivity index (χ2n) is 8.18. The van der Waals surface area contributed by atoms with E-state index < -0.39 is 59.7 Å². The monoisotopic (exact) mass is 487 g/mol. The molecule has 11 heteroatoms. The molecule has 1 unspecified atom stereocenters. The van der Waals surface area contributed by atoms with Gasteiger partial charge in [-0.25, -0.2) is 8.78 Å². The molecule has 0 spiro atoms. The molecule has 3 rings (SSSR count). The first-order chi connectivity index (χ1) is 16.6. The lowest BCUT2D eigenvalue weighted by Crippen LogP contribution is -2.60. The minimum absolute atomic E-state index is 0.238. The molecule has 0 radical (unpaired) electrons. The normalized spacial score (nSPS) is 18.4. The Bertz CT molecular complexity index is 1140. The Balaban J connectivity index is 2.02. The molecular weight excluding hydrogens is 460 g/mol. The summed E-state index contributed by atoms with van der Waals surface area (Å²) in [5.41, 5.74) is -0.0502. The number of carbonyl (C=O) groups is 4. The van der Waals surface area contributed by atoms with Gasteiger partial charge in [0.2, 0.25) is 17.7 Å². The van der Waals surface area contributed by atoms with Crippen molar-refractivity contribution in [2.75, 3.05) is 28.7 Å². The minimum Gasteiger partial charge on any atom is -0.341 e. The summed E-state index contributed by atoms with van der Waals surface area (Å²) < 4.78 is 28.1. The van der Waals surface area contributed by atoms with Crippen molar-refractivity contribution in [1.29, 1.82) is 0 Å². The molecule has 186 valence electrons.